The van der Waals surface area contributed by atoms with Gasteiger partial charge in [-0.3, -0.25) is 9.78 Å². The van der Waals surface area contributed by atoms with Gasteiger partial charge >= 0.3 is 0 Å². The Morgan fingerprint density at radius 1 is 0.893 bits per heavy atom. The van der Waals surface area contributed by atoms with Gasteiger partial charge in [0, 0.05) is 24.3 Å². The lowest BCUT2D eigenvalue weighted by atomic mass is 10.1. The van der Waals surface area contributed by atoms with Crippen LogP contribution in [0.25, 0.3) is 33.3 Å². The van der Waals surface area contributed by atoms with Crippen molar-refractivity contribution in [2.75, 3.05) is 5.32 Å². The van der Waals surface area contributed by atoms with Gasteiger partial charge in [0.1, 0.15) is 11.4 Å². The lowest BCUT2D eigenvalue weighted by Gasteiger charge is -2.13. The molecular formula is C22H17N5O. The first-order valence-electron chi connectivity index (χ1n) is 9.02. The Morgan fingerprint density at radius 2 is 1.71 bits per heavy atom. The molecule has 0 aliphatic carbocycles. The number of aromatic nitrogens is 4. The van der Waals surface area contributed by atoms with Crippen molar-refractivity contribution < 1.29 is 0 Å². The number of hydrogen-bond donors (Lipinski definition) is 3. The minimum absolute atomic E-state index is 0.188. The summed E-state index contributed by atoms with van der Waals surface area (Å²) in [4.78, 5) is 28.0. The molecular weight excluding hydrogens is 350 g/mol. The third kappa shape index (κ3) is 2.81. The summed E-state index contributed by atoms with van der Waals surface area (Å²) < 4.78 is 0. The third-order valence-corrected chi connectivity index (χ3v) is 4.74. The first-order valence-corrected chi connectivity index (χ1v) is 9.02. The topological polar surface area (TPSA) is 86.5 Å². The van der Waals surface area contributed by atoms with Gasteiger partial charge in [-0.05, 0) is 29.8 Å². The molecule has 5 rings (SSSR count). The van der Waals surface area contributed by atoms with E-state index in [2.05, 4.69) is 25.3 Å². The van der Waals surface area contributed by atoms with Gasteiger partial charge in [0.05, 0.1) is 22.2 Å². The molecule has 3 N–H and O–H groups in total. The molecule has 3 aromatic heterocycles. The molecule has 0 radical (unpaired) electrons. The fourth-order valence-corrected chi connectivity index (χ4v) is 3.42. The maximum atomic E-state index is 13.0. The van der Waals surface area contributed by atoms with E-state index in [1.165, 1.54) is 0 Å². The van der Waals surface area contributed by atoms with Gasteiger partial charge in [-0.1, -0.05) is 36.4 Å². The van der Waals surface area contributed by atoms with Crippen LogP contribution in [0.1, 0.15) is 5.56 Å². The Labute approximate surface area is 160 Å². The first kappa shape index (κ1) is 16.3. The van der Waals surface area contributed by atoms with Gasteiger partial charge in [0.25, 0.3) is 5.56 Å². The molecule has 3 heterocycles. The summed E-state index contributed by atoms with van der Waals surface area (Å²) in [6.45, 7) is 0.550. The molecule has 0 saturated carbocycles. The SMILES string of the molecule is O=c1[nH]c2ccccc2c(NCc2cccnc2)c1-c1nc2ccccc2[nH]1. The quantitative estimate of drug-likeness (QED) is 0.447. The highest BCUT2D eigenvalue weighted by molar-refractivity contribution is 5.99. The molecule has 0 bridgehead atoms. The molecule has 0 fully saturated rings. The number of aromatic amines is 2. The van der Waals surface area contributed by atoms with Crippen molar-refractivity contribution in [1.82, 2.24) is 19.9 Å². The zero-order valence-electron chi connectivity index (χ0n) is 14.9. The van der Waals surface area contributed by atoms with Crippen molar-refractivity contribution in [2.24, 2.45) is 0 Å². The largest absolute Gasteiger partial charge is 0.380 e. The number of nitrogens with one attached hydrogen (secondary N) is 3. The first-order chi connectivity index (χ1) is 13.8. The minimum Gasteiger partial charge on any atom is -0.380 e. The highest BCUT2D eigenvalue weighted by Gasteiger charge is 2.17. The van der Waals surface area contributed by atoms with Crippen LogP contribution < -0.4 is 10.9 Å². The molecule has 28 heavy (non-hydrogen) atoms. The van der Waals surface area contributed by atoms with Crippen LogP contribution in [-0.4, -0.2) is 19.9 Å². The fraction of sp³-hybridized carbons (Fsp3) is 0.0455. The van der Waals surface area contributed by atoms with E-state index >= 15 is 0 Å². The van der Waals surface area contributed by atoms with Gasteiger partial charge in [-0.15, -0.1) is 0 Å². The Bertz CT molecular complexity index is 1300. The second kappa shape index (κ2) is 6.66. The van der Waals surface area contributed by atoms with Gasteiger partial charge < -0.3 is 15.3 Å². The second-order valence-corrected chi connectivity index (χ2v) is 6.57. The van der Waals surface area contributed by atoms with Gasteiger partial charge in [-0.2, -0.15) is 0 Å². The maximum absolute atomic E-state index is 13.0. The summed E-state index contributed by atoms with van der Waals surface area (Å²) in [6, 6.07) is 19.4. The predicted molar refractivity (Wildman–Crippen MR) is 111 cm³/mol. The van der Waals surface area contributed by atoms with Crippen LogP contribution >= 0.6 is 0 Å². The highest BCUT2D eigenvalue weighted by atomic mass is 16.1. The average Bonchev–Trinajstić information content (AvgIpc) is 3.16. The van der Waals surface area contributed by atoms with Crippen LogP contribution in [0.2, 0.25) is 0 Å². The smallest absolute Gasteiger partial charge is 0.261 e. The molecule has 2 aromatic carbocycles. The fourth-order valence-electron chi connectivity index (χ4n) is 3.42. The number of H-pyrrole nitrogens is 2. The minimum atomic E-state index is -0.188. The number of nitrogens with zero attached hydrogens (tertiary/aromatic N) is 2. The zero-order chi connectivity index (χ0) is 18.9. The summed E-state index contributed by atoms with van der Waals surface area (Å²) >= 11 is 0. The summed E-state index contributed by atoms with van der Waals surface area (Å²) in [6.07, 6.45) is 3.55. The summed E-state index contributed by atoms with van der Waals surface area (Å²) in [5, 5.41) is 4.37. The van der Waals surface area contributed by atoms with E-state index in [4.69, 9.17) is 0 Å². The molecule has 0 aliphatic heterocycles. The van der Waals surface area contributed by atoms with Crippen LogP contribution in [0.4, 0.5) is 5.69 Å². The Kier molecular flexibility index (Phi) is 3.87. The number of anilines is 1. The normalized spacial score (nSPS) is 11.1. The zero-order valence-corrected chi connectivity index (χ0v) is 14.9. The van der Waals surface area contributed by atoms with E-state index < -0.39 is 0 Å². The number of rotatable bonds is 4. The number of hydrogen-bond acceptors (Lipinski definition) is 4. The van der Waals surface area contributed by atoms with Gasteiger partial charge in [0.2, 0.25) is 0 Å². The molecule has 0 aliphatic rings. The van der Waals surface area contributed by atoms with Crippen molar-refractivity contribution in [2.45, 2.75) is 6.54 Å². The molecule has 0 saturated heterocycles. The monoisotopic (exact) mass is 367 g/mol. The standard InChI is InChI=1S/C22H17N5O/c28-22-19(21-25-17-9-3-4-10-18(17)26-21)20(15-7-1-2-8-16(15)27-22)24-13-14-6-5-11-23-12-14/h1-12H,13H2,(H,25,26)(H2,24,27,28). The van der Waals surface area contributed by atoms with E-state index in [9.17, 15) is 4.79 Å². The van der Waals surface area contributed by atoms with Crippen molar-refractivity contribution >= 4 is 27.6 Å². The second-order valence-electron chi connectivity index (χ2n) is 6.57. The molecule has 5 aromatic rings. The van der Waals surface area contributed by atoms with Gasteiger partial charge in [-0.25, -0.2) is 4.98 Å². The van der Waals surface area contributed by atoms with Crippen LogP contribution in [-0.2, 0) is 6.54 Å². The van der Waals surface area contributed by atoms with Crippen LogP contribution in [0, 0.1) is 0 Å². The van der Waals surface area contributed by atoms with Gasteiger partial charge in [0.15, 0.2) is 0 Å². The van der Waals surface area contributed by atoms with Crippen molar-refractivity contribution in [3.05, 3.63) is 89.0 Å². The van der Waals surface area contributed by atoms with Crippen LogP contribution in [0.15, 0.2) is 77.9 Å². The lowest BCUT2D eigenvalue weighted by molar-refractivity contribution is 1.11. The Hall–Kier alpha value is -3.93. The predicted octanol–water partition coefficient (Wildman–Crippen LogP) is 4.08. The maximum Gasteiger partial charge on any atom is 0.261 e. The van der Waals surface area contributed by atoms with E-state index in [1.54, 1.807) is 6.20 Å². The van der Waals surface area contributed by atoms with Crippen LogP contribution in [0.3, 0.4) is 0 Å². The van der Waals surface area contributed by atoms with Crippen molar-refractivity contribution in [3.8, 4) is 11.4 Å². The molecule has 6 heteroatoms. The summed E-state index contributed by atoms with van der Waals surface area (Å²) in [5.41, 5.74) is 4.59. The highest BCUT2D eigenvalue weighted by Crippen LogP contribution is 2.31. The average molecular weight is 367 g/mol. The molecule has 136 valence electrons. The van der Waals surface area contributed by atoms with Crippen molar-refractivity contribution in [1.29, 1.82) is 0 Å². The lowest BCUT2D eigenvalue weighted by Crippen LogP contribution is -2.14. The number of pyridine rings is 2. The molecule has 0 unspecified atom stereocenters. The van der Waals surface area contributed by atoms with E-state index in [0.29, 0.717) is 17.9 Å². The van der Waals surface area contributed by atoms with Crippen molar-refractivity contribution in [3.63, 3.8) is 0 Å². The third-order valence-electron chi connectivity index (χ3n) is 4.74. The number of benzene rings is 2. The molecule has 0 atom stereocenters. The molecule has 0 amide bonds. The van der Waals surface area contributed by atoms with E-state index in [0.717, 1.165) is 33.2 Å². The Morgan fingerprint density at radius 3 is 2.54 bits per heavy atom. The van der Waals surface area contributed by atoms with E-state index in [-0.39, 0.29) is 5.56 Å². The number of imidazole rings is 1. The summed E-state index contributed by atoms with van der Waals surface area (Å²) in [5.74, 6) is 0.543. The number of fused-ring (bicyclic) bond motifs is 2. The van der Waals surface area contributed by atoms with Crippen LogP contribution in [0.5, 0.6) is 0 Å². The molecule has 6 nitrogen and oxygen atoms in total. The summed E-state index contributed by atoms with van der Waals surface area (Å²) in [7, 11) is 0. The Balaban J connectivity index is 1.70. The number of para-hydroxylation sites is 3. The molecule has 0 spiro atoms. The van der Waals surface area contributed by atoms with E-state index in [1.807, 2.05) is 66.9 Å².